The maximum absolute atomic E-state index is 13.2. The van der Waals surface area contributed by atoms with E-state index >= 15 is 0 Å². The summed E-state index contributed by atoms with van der Waals surface area (Å²) in [4.78, 5) is 28.9. The quantitative estimate of drug-likeness (QED) is 0.815. The molecule has 0 bridgehead atoms. The van der Waals surface area contributed by atoms with E-state index in [4.69, 9.17) is 4.74 Å². The van der Waals surface area contributed by atoms with Crippen LogP contribution in [0.5, 0.6) is 5.75 Å². The van der Waals surface area contributed by atoms with Crippen LogP contribution in [0.1, 0.15) is 11.6 Å². The molecule has 2 aliphatic heterocycles. The van der Waals surface area contributed by atoms with Crippen molar-refractivity contribution in [1.82, 2.24) is 10.2 Å². The van der Waals surface area contributed by atoms with Crippen LogP contribution in [0.25, 0.3) is 0 Å². The van der Waals surface area contributed by atoms with Gasteiger partial charge in [-0.15, -0.1) is 0 Å². The number of hydrogen-bond donors (Lipinski definition) is 1. The molecule has 27 heavy (non-hydrogen) atoms. The summed E-state index contributed by atoms with van der Waals surface area (Å²) in [7, 11) is 3.29. The summed E-state index contributed by atoms with van der Waals surface area (Å²) in [5, 5.41) is 2.94. The van der Waals surface area contributed by atoms with Crippen molar-refractivity contribution in [2.45, 2.75) is 6.04 Å². The lowest BCUT2D eigenvalue weighted by Crippen LogP contribution is -2.45. The molecule has 0 saturated carbocycles. The SMILES string of the molecule is COc1ccc([C@@H]2NC(=O)N(C)C3=C2C(=O)N(c2ccc(Br)cc2)C3)cc1. The van der Waals surface area contributed by atoms with Crippen molar-refractivity contribution >= 4 is 33.6 Å². The molecule has 2 heterocycles. The second-order valence-electron chi connectivity index (χ2n) is 6.44. The Morgan fingerprint density at radius 3 is 2.37 bits per heavy atom. The van der Waals surface area contributed by atoms with Crippen molar-refractivity contribution in [3.05, 3.63) is 69.8 Å². The fourth-order valence-corrected chi connectivity index (χ4v) is 3.71. The van der Waals surface area contributed by atoms with Crippen molar-refractivity contribution in [3.63, 3.8) is 0 Å². The topological polar surface area (TPSA) is 61.9 Å². The molecule has 0 saturated heterocycles. The van der Waals surface area contributed by atoms with Crippen LogP contribution in [0.15, 0.2) is 64.3 Å². The van der Waals surface area contributed by atoms with E-state index in [9.17, 15) is 9.59 Å². The number of amides is 3. The number of urea groups is 1. The Bertz CT molecular complexity index is 938. The Balaban J connectivity index is 1.73. The maximum atomic E-state index is 13.2. The van der Waals surface area contributed by atoms with E-state index < -0.39 is 6.04 Å². The normalized spacial score (nSPS) is 19.3. The number of methoxy groups -OCH3 is 1. The summed E-state index contributed by atoms with van der Waals surface area (Å²) in [5.41, 5.74) is 2.97. The van der Waals surface area contributed by atoms with E-state index in [1.54, 1.807) is 19.1 Å². The number of anilines is 1. The first kappa shape index (κ1) is 17.6. The summed E-state index contributed by atoms with van der Waals surface area (Å²) >= 11 is 3.41. The van der Waals surface area contributed by atoms with Crippen molar-refractivity contribution < 1.29 is 14.3 Å². The molecule has 6 nitrogen and oxygen atoms in total. The highest BCUT2D eigenvalue weighted by Crippen LogP contribution is 2.38. The molecule has 0 radical (unpaired) electrons. The van der Waals surface area contributed by atoms with E-state index in [0.717, 1.165) is 27.2 Å². The van der Waals surface area contributed by atoms with E-state index in [1.165, 1.54) is 4.90 Å². The fraction of sp³-hybridized carbons (Fsp3) is 0.200. The number of halogens is 1. The lowest BCUT2D eigenvalue weighted by molar-refractivity contribution is -0.114. The zero-order valence-corrected chi connectivity index (χ0v) is 16.5. The first-order valence-electron chi connectivity index (χ1n) is 8.48. The molecule has 0 fully saturated rings. The smallest absolute Gasteiger partial charge is 0.322 e. The Labute approximate surface area is 165 Å². The molecule has 3 amide bonds. The van der Waals surface area contributed by atoms with Gasteiger partial charge in [0.25, 0.3) is 5.91 Å². The van der Waals surface area contributed by atoms with Gasteiger partial charge in [-0.2, -0.15) is 0 Å². The molecule has 2 aromatic rings. The third kappa shape index (κ3) is 2.98. The number of carbonyl (C=O) groups excluding carboxylic acids is 2. The number of carbonyl (C=O) groups is 2. The third-order valence-electron chi connectivity index (χ3n) is 4.95. The van der Waals surface area contributed by atoms with Gasteiger partial charge >= 0.3 is 6.03 Å². The van der Waals surface area contributed by atoms with Gasteiger partial charge < -0.3 is 15.0 Å². The minimum atomic E-state index is -0.484. The predicted octanol–water partition coefficient (Wildman–Crippen LogP) is 3.45. The van der Waals surface area contributed by atoms with Crippen molar-refractivity contribution in [2.75, 3.05) is 25.6 Å². The van der Waals surface area contributed by atoms with E-state index in [2.05, 4.69) is 21.2 Å². The molecular weight excluding hydrogens is 410 g/mol. The van der Waals surface area contributed by atoms with Crippen LogP contribution in [0, 0.1) is 0 Å². The first-order chi connectivity index (χ1) is 13.0. The minimum Gasteiger partial charge on any atom is -0.497 e. The van der Waals surface area contributed by atoms with Crippen LogP contribution in [0.2, 0.25) is 0 Å². The molecule has 4 rings (SSSR count). The number of likely N-dealkylation sites (N-methyl/N-ethyl adjacent to an activating group) is 1. The first-order valence-corrected chi connectivity index (χ1v) is 9.27. The Hall–Kier alpha value is -2.80. The molecule has 2 aromatic carbocycles. The summed E-state index contributed by atoms with van der Waals surface area (Å²) in [6.07, 6.45) is 0. The number of ether oxygens (including phenoxy) is 1. The largest absolute Gasteiger partial charge is 0.497 e. The zero-order valence-electron chi connectivity index (χ0n) is 14.9. The van der Waals surface area contributed by atoms with Gasteiger partial charge in [0.15, 0.2) is 0 Å². The highest BCUT2D eigenvalue weighted by Gasteiger charge is 2.43. The van der Waals surface area contributed by atoms with Crippen LogP contribution in [0.4, 0.5) is 10.5 Å². The summed E-state index contributed by atoms with van der Waals surface area (Å²) in [5.74, 6) is 0.626. The molecule has 138 valence electrons. The number of nitrogens with one attached hydrogen (secondary N) is 1. The van der Waals surface area contributed by atoms with Gasteiger partial charge in [-0.3, -0.25) is 9.69 Å². The van der Waals surface area contributed by atoms with Crippen molar-refractivity contribution in [3.8, 4) is 5.75 Å². The standard InChI is InChI=1S/C20H18BrN3O3/c1-23-16-11-24(14-7-5-13(21)6-8-14)19(25)17(16)18(22-20(23)26)12-3-9-15(27-2)10-4-12/h3-10,18H,11H2,1-2H3,(H,22,26)/t18-/m0/s1. The zero-order chi connectivity index (χ0) is 19.1. The van der Waals surface area contributed by atoms with Gasteiger partial charge in [-0.25, -0.2) is 4.79 Å². The van der Waals surface area contributed by atoms with E-state index in [-0.39, 0.29) is 11.9 Å². The number of benzene rings is 2. The molecule has 1 N–H and O–H groups in total. The molecule has 0 aliphatic carbocycles. The van der Waals surface area contributed by atoms with Crippen molar-refractivity contribution in [2.24, 2.45) is 0 Å². The number of nitrogens with zero attached hydrogens (tertiary/aromatic N) is 2. The molecule has 2 aliphatic rings. The second-order valence-corrected chi connectivity index (χ2v) is 7.36. The lowest BCUT2D eigenvalue weighted by Gasteiger charge is -2.31. The monoisotopic (exact) mass is 427 g/mol. The molecule has 0 aromatic heterocycles. The van der Waals surface area contributed by atoms with Gasteiger partial charge in [0.05, 0.1) is 31.0 Å². The predicted molar refractivity (Wildman–Crippen MR) is 106 cm³/mol. The van der Waals surface area contributed by atoms with Gasteiger partial charge in [0.1, 0.15) is 5.75 Å². The molecule has 0 spiro atoms. The van der Waals surface area contributed by atoms with E-state index in [1.807, 2.05) is 48.5 Å². The average molecular weight is 428 g/mol. The Kier molecular flexibility index (Phi) is 4.39. The van der Waals surface area contributed by atoms with Gasteiger partial charge in [0, 0.05) is 17.2 Å². The minimum absolute atomic E-state index is 0.0972. The third-order valence-corrected chi connectivity index (χ3v) is 5.48. The van der Waals surface area contributed by atoms with Crippen LogP contribution in [-0.2, 0) is 4.79 Å². The molecular formula is C20H18BrN3O3. The van der Waals surface area contributed by atoms with Gasteiger partial charge in [-0.1, -0.05) is 28.1 Å². The van der Waals surface area contributed by atoms with Crippen LogP contribution in [-0.4, -0.2) is 37.5 Å². The Morgan fingerprint density at radius 1 is 1.07 bits per heavy atom. The maximum Gasteiger partial charge on any atom is 0.322 e. The number of rotatable bonds is 3. The molecule has 1 atom stereocenters. The summed E-state index contributed by atoms with van der Waals surface area (Å²) in [6, 6.07) is 14.3. The average Bonchev–Trinajstić information content (AvgIpc) is 3.03. The van der Waals surface area contributed by atoms with Crippen LogP contribution in [0.3, 0.4) is 0 Å². The number of hydrogen-bond acceptors (Lipinski definition) is 3. The van der Waals surface area contributed by atoms with Crippen LogP contribution < -0.4 is 15.0 Å². The lowest BCUT2D eigenvalue weighted by atomic mass is 9.95. The highest BCUT2D eigenvalue weighted by molar-refractivity contribution is 9.10. The van der Waals surface area contributed by atoms with Gasteiger partial charge in [-0.05, 0) is 42.0 Å². The van der Waals surface area contributed by atoms with Crippen LogP contribution >= 0.6 is 15.9 Å². The summed E-state index contributed by atoms with van der Waals surface area (Å²) < 4.78 is 6.15. The molecule has 7 heteroatoms. The Morgan fingerprint density at radius 2 is 1.74 bits per heavy atom. The second kappa shape index (κ2) is 6.74. The van der Waals surface area contributed by atoms with E-state index in [0.29, 0.717) is 12.1 Å². The fourth-order valence-electron chi connectivity index (χ4n) is 3.44. The molecule has 0 unspecified atom stereocenters. The highest BCUT2D eigenvalue weighted by atomic mass is 79.9. The van der Waals surface area contributed by atoms with Crippen molar-refractivity contribution in [1.29, 1.82) is 0 Å². The van der Waals surface area contributed by atoms with Gasteiger partial charge in [0.2, 0.25) is 0 Å². The summed E-state index contributed by atoms with van der Waals surface area (Å²) in [6.45, 7) is 0.367.